The van der Waals surface area contributed by atoms with Crippen molar-refractivity contribution >= 4 is 38.8 Å². The Labute approximate surface area is 202 Å². The Hall–Kier alpha value is -3.39. The lowest BCUT2D eigenvalue weighted by molar-refractivity contribution is 0.103. The molecule has 176 valence electrons. The van der Waals surface area contributed by atoms with E-state index >= 15 is 0 Å². The number of nitrogens with zero attached hydrogens (tertiary/aromatic N) is 2. The second kappa shape index (κ2) is 8.13. The molecule has 0 fully saturated rings. The molecule has 0 aliphatic heterocycles. The van der Waals surface area contributed by atoms with Crippen LogP contribution in [0.15, 0.2) is 41.2 Å². The molecule has 3 heterocycles. The molecule has 1 unspecified atom stereocenters. The zero-order valence-corrected chi connectivity index (χ0v) is 20.7. The van der Waals surface area contributed by atoms with Crippen molar-refractivity contribution in [1.82, 2.24) is 14.8 Å². The molecule has 4 aromatic rings. The predicted octanol–water partition coefficient (Wildman–Crippen LogP) is 5.07. The van der Waals surface area contributed by atoms with Crippen LogP contribution in [-0.2, 0) is 12.8 Å². The van der Waals surface area contributed by atoms with Crippen molar-refractivity contribution in [2.75, 3.05) is 11.1 Å². The van der Waals surface area contributed by atoms with E-state index in [9.17, 15) is 9.59 Å². The fourth-order valence-electron chi connectivity index (χ4n) is 4.72. The highest BCUT2D eigenvalue weighted by molar-refractivity contribution is 7.21. The number of carbonyl (C=O) groups excluding carboxylic acids is 1. The molecule has 34 heavy (non-hydrogen) atoms. The third-order valence-corrected chi connectivity index (χ3v) is 7.95. The molecule has 1 aliphatic carbocycles. The van der Waals surface area contributed by atoms with Gasteiger partial charge in [-0.05, 0) is 61.3 Å². The van der Waals surface area contributed by atoms with Crippen LogP contribution in [0.1, 0.15) is 53.8 Å². The number of nitrogens with two attached hydrogens (primary N) is 1. The van der Waals surface area contributed by atoms with Crippen LogP contribution in [0, 0.1) is 18.3 Å². The fourth-order valence-corrected chi connectivity index (χ4v) is 5.71. The predicted molar refractivity (Wildman–Crippen MR) is 138 cm³/mol. The minimum absolute atomic E-state index is 0.214. The first-order chi connectivity index (χ1) is 16.1. The number of fused-ring (bicyclic) bond motifs is 2. The second-order valence-electron chi connectivity index (χ2n) is 10.1. The smallest absolute Gasteiger partial charge is 0.295 e. The van der Waals surface area contributed by atoms with E-state index in [1.807, 2.05) is 30.3 Å². The average Bonchev–Trinajstić information content (AvgIpc) is 3.28. The number of H-pyrrole nitrogens is 1. The van der Waals surface area contributed by atoms with Gasteiger partial charge in [-0.1, -0.05) is 39.0 Å². The fraction of sp³-hybridized carbons (Fsp3) is 0.346. The van der Waals surface area contributed by atoms with Gasteiger partial charge in [0.2, 0.25) is 0 Å². The van der Waals surface area contributed by atoms with Crippen LogP contribution in [-0.4, -0.2) is 20.7 Å². The third-order valence-electron chi connectivity index (χ3n) is 6.84. The number of rotatable bonds is 3. The lowest BCUT2D eigenvalue weighted by Gasteiger charge is -2.34. The van der Waals surface area contributed by atoms with Crippen LogP contribution in [0.3, 0.4) is 0 Å². The van der Waals surface area contributed by atoms with Crippen molar-refractivity contribution in [3.05, 3.63) is 68.6 Å². The molecular weight excluding hydrogens is 446 g/mol. The highest BCUT2D eigenvalue weighted by Crippen LogP contribution is 2.40. The zero-order valence-electron chi connectivity index (χ0n) is 19.9. The maximum absolute atomic E-state index is 13.2. The van der Waals surface area contributed by atoms with E-state index in [1.165, 1.54) is 21.6 Å². The Kier molecular flexibility index (Phi) is 5.36. The standard InChI is InChI=1S/C26H29N5O2S/c1-14-21(25(33)31(30-14)17-8-6-5-7-9-17)29-23(32)22-20(27)18-13-15-12-16(26(2,3)4)10-11-19(15)28-24(18)34-22/h5-9,13,16,30H,10-12,27H2,1-4H3,(H,29,32). The third kappa shape index (κ3) is 3.81. The molecule has 1 amide bonds. The molecule has 0 saturated heterocycles. The van der Waals surface area contributed by atoms with Crippen molar-refractivity contribution in [1.29, 1.82) is 0 Å². The quantitative estimate of drug-likeness (QED) is 0.385. The molecule has 1 atom stereocenters. The van der Waals surface area contributed by atoms with Gasteiger partial charge in [0.25, 0.3) is 11.5 Å². The van der Waals surface area contributed by atoms with Crippen molar-refractivity contribution in [2.45, 2.75) is 47.0 Å². The minimum atomic E-state index is -0.398. The SMILES string of the molecule is Cc1[nH]n(-c2ccccc2)c(=O)c1NC(=O)c1sc2nc3c(cc2c1N)CC(C(C)(C)C)CC3. The monoisotopic (exact) mass is 475 g/mol. The number of aromatic amines is 1. The van der Waals surface area contributed by atoms with Crippen LogP contribution in [0.4, 0.5) is 11.4 Å². The van der Waals surface area contributed by atoms with Gasteiger partial charge >= 0.3 is 0 Å². The van der Waals surface area contributed by atoms with E-state index in [2.05, 4.69) is 37.3 Å². The Morgan fingerprint density at radius 1 is 1.26 bits per heavy atom. The Morgan fingerprint density at radius 2 is 2.00 bits per heavy atom. The summed E-state index contributed by atoms with van der Waals surface area (Å²) in [7, 11) is 0. The van der Waals surface area contributed by atoms with Crippen LogP contribution >= 0.6 is 11.3 Å². The summed E-state index contributed by atoms with van der Waals surface area (Å²) in [5.74, 6) is 0.190. The first-order valence-electron chi connectivity index (χ1n) is 11.5. The van der Waals surface area contributed by atoms with Gasteiger partial charge in [-0.25, -0.2) is 9.67 Å². The van der Waals surface area contributed by atoms with E-state index in [-0.39, 0.29) is 16.7 Å². The number of carbonyl (C=O) groups is 1. The molecule has 1 aromatic carbocycles. The van der Waals surface area contributed by atoms with Crippen molar-refractivity contribution < 1.29 is 4.79 Å². The first-order valence-corrected chi connectivity index (χ1v) is 12.3. The molecule has 4 N–H and O–H groups in total. The largest absolute Gasteiger partial charge is 0.397 e. The number of nitrogens with one attached hydrogen (secondary N) is 2. The Morgan fingerprint density at radius 3 is 2.71 bits per heavy atom. The number of para-hydroxylation sites is 1. The summed E-state index contributed by atoms with van der Waals surface area (Å²) in [6.07, 6.45) is 3.03. The number of pyridine rings is 1. The summed E-state index contributed by atoms with van der Waals surface area (Å²) >= 11 is 1.28. The van der Waals surface area contributed by atoms with Gasteiger partial charge in [0.1, 0.15) is 15.4 Å². The number of thiophene rings is 1. The van der Waals surface area contributed by atoms with Gasteiger partial charge in [-0.2, -0.15) is 0 Å². The van der Waals surface area contributed by atoms with Gasteiger partial charge in [-0.3, -0.25) is 14.7 Å². The minimum Gasteiger partial charge on any atom is -0.397 e. The number of nitrogen functional groups attached to an aromatic ring is 1. The maximum atomic E-state index is 13.2. The highest BCUT2D eigenvalue weighted by Gasteiger charge is 2.30. The van der Waals surface area contributed by atoms with E-state index < -0.39 is 5.91 Å². The van der Waals surface area contributed by atoms with Gasteiger partial charge in [0.05, 0.1) is 17.1 Å². The number of hydrogen-bond donors (Lipinski definition) is 3. The number of anilines is 2. The Balaban J connectivity index is 1.47. The van der Waals surface area contributed by atoms with E-state index in [0.29, 0.717) is 27.9 Å². The summed E-state index contributed by atoms with van der Waals surface area (Å²) in [4.78, 5) is 32.2. The number of aromatic nitrogens is 3. The molecule has 3 aromatic heterocycles. The van der Waals surface area contributed by atoms with Gasteiger partial charge in [0.15, 0.2) is 0 Å². The molecular formula is C26H29N5O2S. The summed E-state index contributed by atoms with van der Waals surface area (Å²) in [5, 5.41) is 6.63. The van der Waals surface area contributed by atoms with Crippen LogP contribution in [0.5, 0.6) is 0 Å². The topological polar surface area (TPSA) is 106 Å². The van der Waals surface area contributed by atoms with Gasteiger partial charge in [-0.15, -0.1) is 11.3 Å². The summed E-state index contributed by atoms with van der Waals surface area (Å²) in [5.41, 5.74) is 10.6. The highest BCUT2D eigenvalue weighted by atomic mass is 32.1. The summed E-state index contributed by atoms with van der Waals surface area (Å²) in [6.45, 7) is 8.60. The maximum Gasteiger partial charge on any atom is 0.295 e. The number of hydrogen-bond acceptors (Lipinski definition) is 5. The van der Waals surface area contributed by atoms with Crippen LogP contribution < -0.4 is 16.6 Å². The molecule has 7 nitrogen and oxygen atoms in total. The van der Waals surface area contributed by atoms with E-state index in [1.54, 1.807) is 6.92 Å². The van der Waals surface area contributed by atoms with Gasteiger partial charge < -0.3 is 11.1 Å². The van der Waals surface area contributed by atoms with E-state index in [4.69, 9.17) is 10.7 Å². The molecule has 0 spiro atoms. The Bertz CT molecular complexity index is 1460. The second-order valence-corrected chi connectivity index (χ2v) is 11.1. The number of benzene rings is 1. The molecule has 0 saturated carbocycles. The molecule has 0 radical (unpaired) electrons. The van der Waals surface area contributed by atoms with Crippen molar-refractivity contribution in [3.63, 3.8) is 0 Å². The van der Waals surface area contributed by atoms with E-state index in [0.717, 1.165) is 35.2 Å². The van der Waals surface area contributed by atoms with Crippen LogP contribution in [0.25, 0.3) is 15.9 Å². The molecule has 0 bridgehead atoms. The lowest BCUT2D eigenvalue weighted by atomic mass is 9.71. The van der Waals surface area contributed by atoms with Crippen LogP contribution in [0.2, 0.25) is 0 Å². The molecule has 5 rings (SSSR count). The lowest BCUT2D eigenvalue weighted by Crippen LogP contribution is -2.27. The first kappa shape index (κ1) is 22.4. The zero-order chi connectivity index (χ0) is 24.2. The summed E-state index contributed by atoms with van der Waals surface area (Å²) < 4.78 is 1.42. The number of amides is 1. The molecule has 1 aliphatic rings. The van der Waals surface area contributed by atoms with Crippen molar-refractivity contribution in [2.24, 2.45) is 11.3 Å². The summed E-state index contributed by atoms with van der Waals surface area (Å²) in [6, 6.07) is 11.3. The molecule has 8 heteroatoms. The number of aryl methyl sites for hydroxylation is 2. The normalized spacial score (nSPS) is 15.9. The average molecular weight is 476 g/mol. The van der Waals surface area contributed by atoms with Crippen molar-refractivity contribution in [3.8, 4) is 5.69 Å². The van der Waals surface area contributed by atoms with Gasteiger partial charge in [0, 0.05) is 11.1 Å².